The number of hydrogen-bond acceptors (Lipinski definition) is 7. The largest absolute Gasteiger partial charge is 0.611 e. The highest BCUT2D eigenvalue weighted by Crippen LogP contribution is 2.35. The maximum absolute atomic E-state index is 12.6. The van der Waals surface area contributed by atoms with Crippen molar-refractivity contribution in [1.29, 1.82) is 0 Å². The van der Waals surface area contributed by atoms with Crippen LogP contribution in [0.2, 0.25) is 0 Å². The minimum absolute atomic E-state index is 0.305. The van der Waals surface area contributed by atoms with Gasteiger partial charge in [-0.25, -0.2) is 4.98 Å². The van der Waals surface area contributed by atoms with E-state index in [9.17, 15) is 9.66 Å². The molecule has 8 heteroatoms. The number of nitrogens with zero attached hydrogens (tertiary/aromatic N) is 3. The molecule has 0 saturated carbocycles. The van der Waals surface area contributed by atoms with Gasteiger partial charge in [0.1, 0.15) is 17.2 Å². The number of piperidine rings is 1. The van der Waals surface area contributed by atoms with Gasteiger partial charge in [0, 0.05) is 38.8 Å². The Kier molecular flexibility index (Phi) is 5.71. The first-order valence-corrected chi connectivity index (χ1v) is 12.2. The Labute approximate surface area is 180 Å². The lowest BCUT2D eigenvalue weighted by molar-refractivity contribution is 0.0903. The number of aromatic nitrogens is 2. The molecule has 1 atom stereocenters. The van der Waals surface area contributed by atoms with Gasteiger partial charge in [-0.15, -0.1) is 0 Å². The normalized spacial score (nSPS) is 22.8. The Bertz CT molecular complexity index is 898. The summed E-state index contributed by atoms with van der Waals surface area (Å²) in [5.74, 6) is 2.91. The number of phenols is 1. The minimum Gasteiger partial charge on any atom is -0.611 e. The van der Waals surface area contributed by atoms with Gasteiger partial charge in [0.05, 0.1) is 0 Å². The second-order valence-corrected chi connectivity index (χ2v) is 9.84. The average Bonchev–Trinajstić information content (AvgIpc) is 3.16. The minimum atomic E-state index is -1.02. The zero-order chi connectivity index (χ0) is 20.5. The molecule has 2 saturated heterocycles. The molecule has 7 nitrogen and oxygen atoms in total. The first-order valence-electron chi connectivity index (χ1n) is 10.8. The van der Waals surface area contributed by atoms with Crippen molar-refractivity contribution >= 4 is 22.9 Å². The monoisotopic (exact) mass is 428 g/mol. The fourth-order valence-electron chi connectivity index (χ4n) is 4.65. The number of nitrogens with one attached hydrogen (secondary N) is 1. The SMILES string of the molecule is [O-][S+]1CCc2nc(N3CCC(c4cccc(O)c4)CC3)nc(NC3CCOCC3)c21. The summed E-state index contributed by atoms with van der Waals surface area (Å²) in [6.07, 6.45) is 4.63. The van der Waals surface area contributed by atoms with Gasteiger partial charge in [0.15, 0.2) is 5.82 Å². The zero-order valence-electron chi connectivity index (χ0n) is 17.0. The number of fused-ring (bicyclic) bond motifs is 1. The van der Waals surface area contributed by atoms with Crippen molar-refractivity contribution in [2.45, 2.75) is 49.0 Å². The van der Waals surface area contributed by atoms with E-state index in [1.165, 1.54) is 5.56 Å². The van der Waals surface area contributed by atoms with Crippen molar-refractivity contribution in [2.24, 2.45) is 0 Å². The van der Waals surface area contributed by atoms with Gasteiger partial charge in [-0.05, 0) is 60.5 Å². The fraction of sp³-hybridized carbons (Fsp3) is 0.545. The lowest BCUT2D eigenvalue weighted by atomic mass is 9.89. The number of hydrogen-bond donors (Lipinski definition) is 2. The molecule has 0 aliphatic carbocycles. The highest BCUT2D eigenvalue weighted by Gasteiger charge is 2.34. The number of rotatable bonds is 4. The van der Waals surface area contributed by atoms with Gasteiger partial charge in [-0.3, -0.25) is 0 Å². The van der Waals surface area contributed by atoms with Crippen molar-refractivity contribution < 1.29 is 14.4 Å². The molecule has 2 fully saturated rings. The third-order valence-electron chi connectivity index (χ3n) is 6.36. The number of benzene rings is 1. The molecule has 0 spiro atoms. The van der Waals surface area contributed by atoms with Crippen LogP contribution in [0.4, 0.5) is 11.8 Å². The second-order valence-electron chi connectivity index (χ2n) is 8.33. The lowest BCUT2D eigenvalue weighted by Crippen LogP contribution is -2.35. The van der Waals surface area contributed by atoms with Gasteiger partial charge in [0.25, 0.3) is 0 Å². The summed E-state index contributed by atoms with van der Waals surface area (Å²) in [7, 11) is 0. The van der Waals surface area contributed by atoms with Gasteiger partial charge in [-0.1, -0.05) is 12.1 Å². The molecule has 0 radical (unpaired) electrons. The smallest absolute Gasteiger partial charge is 0.227 e. The van der Waals surface area contributed by atoms with Crippen LogP contribution < -0.4 is 10.2 Å². The molecule has 1 aromatic heterocycles. The molecule has 2 N–H and O–H groups in total. The van der Waals surface area contributed by atoms with Crippen LogP contribution in [0.3, 0.4) is 0 Å². The van der Waals surface area contributed by atoms with Crippen molar-refractivity contribution in [3.8, 4) is 5.75 Å². The van der Waals surface area contributed by atoms with E-state index in [4.69, 9.17) is 14.7 Å². The van der Waals surface area contributed by atoms with Crippen LogP contribution >= 0.6 is 0 Å². The highest BCUT2D eigenvalue weighted by atomic mass is 32.2. The molecule has 0 amide bonds. The molecular weight excluding hydrogens is 400 g/mol. The van der Waals surface area contributed by atoms with E-state index in [1.54, 1.807) is 6.07 Å². The first-order chi connectivity index (χ1) is 14.7. The fourth-order valence-corrected chi connectivity index (χ4v) is 5.96. The number of aryl methyl sites for hydroxylation is 1. The molecule has 3 aliphatic heterocycles. The Morgan fingerprint density at radius 3 is 2.70 bits per heavy atom. The maximum atomic E-state index is 12.6. The third-order valence-corrected chi connectivity index (χ3v) is 7.82. The Morgan fingerprint density at radius 1 is 1.13 bits per heavy atom. The topological polar surface area (TPSA) is 93.6 Å². The number of aromatic hydroxyl groups is 1. The Balaban J connectivity index is 1.34. The molecule has 1 unspecified atom stereocenters. The maximum Gasteiger partial charge on any atom is 0.227 e. The van der Waals surface area contributed by atoms with E-state index in [2.05, 4.69) is 16.3 Å². The molecule has 4 heterocycles. The Hall–Kier alpha value is -2.03. The van der Waals surface area contributed by atoms with Gasteiger partial charge >= 0.3 is 0 Å². The number of anilines is 2. The first kappa shape index (κ1) is 19.9. The van der Waals surface area contributed by atoms with E-state index in [0.717, 1.165) is 80.8 Å². The summed E-state index contributed by atoms with van der Waals surface area (Å²) in [5.41, 5.74) is 2.13. The summed E-state index contributed by atoms with van der Waals surface area (Å²) in [6, 6.07) is 7.90. The van der Waals surface area contributed by atoms with Crippen LogP contribution in [0.25, 0.3) is 0 Å². The van der Waals surface area contributed by atoms with E-state index in [1.807, 2.05) is 12.1 Å². The second kappa shape index (κ2) is 8.61. The predicted molar refractivity (Wildman–Crippen MR) is 117 cm³/mol. The van der Waals surface area contributed by atoms with Crippen LogP contribution in [-0.4, -0.2) is 57.7 Å². The molecule has 2 aromatic rings. The van der Waals surface area contributed by atoms with Crippen molar-refractivity contribution in [1.82, 2.24) is 9.97 Å². The molecular formula is C22H28N4O3S. The predicted octanol–water partition coefficient (Wildman–Crippen LogP) is 2.82. The summed E-state index contributed by atoms with van der Waals surface area (Å²) >= 11 is -1.02. The summed E-state index contributed by atoms with van der Waals surface area (Å²) in [4.78, 5) is 12.7. The zero-order valence-corrected chi connectivity index (χ0v) is 17.9. The highest BCUT2D eigenvalue weighted by molar-refractivity contribution is 7.91. The van der Waals surface area contributed by atoms with Gasteiger partial charge in [0.2, 0.25) is 10.8 Å². The number of ether oxygens (including phenoxy) is 1. The van der Waals surface area contributed by atoms with Crippen molar-refractivity contribution in [2.75, 3.05) is 42.3 Å². The summed E-state index contributed by atoms with van der Waals surface area (Å²) in [6.45, 7) is 3.25. The van der Waals surface area contributed by atoms with E-state index >= 15 is 0 Å². The quantitative estimate of drug-likeness (QED) is 0.723. The Morgan fingerprint density at radius 2 is 1.93 bits per heavy atom. The molecule has 5 rings (SSSR count). The summed E-state index contributed by atoms with van der Waals surface area (Å²) in [5, 5.41) is 13.3. The standard InChI is InChI=1S/C22H28N4O3S/c27-18-3-1-2-16(14-18)15-4-9-26(10-5-15)22-24-19-8-13-30(28)20(19)21(25-22)23-17-6-11-29-12-7-17/h1-3,14-15,17,27H,4-13H2,(H,23,24,25). The van der Waals surface area contributed by atoms with Crippen LogP contribution in [0.15, 0.2) is 29.2 Å². The van der Waals surface area contributed by atoms with Crippen LogP contribution in [0.1, 0.15) is 42.9 Å². The van der Waals surface area contributed by atoms with Gasteiger partial charge < -0.3 is 24.6 Å². The molecule has 3 aliphatic rings. The van der Waals surface area contributed by atoms with Gasteiger partial charge in [-0.2, -0.15) is 4.98 Å². The van der Waals surface area contributed by atoms with Crippen molar-refractivity contribution in [3.63, 3.8) is 0 Å². The lowest BCUT2D eigenvalue weighted by Gasteiger charge is -2.33. The molecule has 30 heavy (non-hydrogen) atoms. The number of phenolic OH excluding ortho intramolecular Hbond substituents is 1. The van der Waals surface area contributed by atoms with Crippen molar-refractivity contribution in [3.05, 3.63) is 35.5 Å². The molecule has 0 bridgehead atoms. The summed E-state index contributed by atoms with van der Waals surface area (Å²) < 4.78 is 18.0. The average molecular weight is 429 g/mol. The van der Waals surface area contributed by atoms with Crippen LogP contribution in [0, 0.1) is 0 Å². The molecule has 1 aromatic carbocycles. The van der Waals surface area contributed by atoms with E-state index in [-0.39, 0.29) is 0 Å². The van der Waals surface area contributed by atoms with Crippen LogP contribution in [0.5, 0.6) is 5.75 Å². The van der Waals surface area contributed by atoms with Crippen LogP contribution in [-0.2, 0) is 22.3 Å². The molecule has 160 valence electrons. The van der Waals surface area contributed by atoms with E-state index < -0.39 is 11.2 Å². The third kappa shape index (κ3) is 4.08. The van der Waals surface area contributed by atoms with E-state index in [0.29, 0.717) is 23.5 Å².